The summed E-state index contributed by atoms with van der Waals surface area (Å²) in [6, 6.07) is 8.34. The SMILES string of the molecule is CCc1ccc(Cn2nnc(C(=O)NCC(O)C(C)C)c2C)cc1. The number of rotatable bonds is 7. The van der Waals surface area contributed by atoms with Crippen LogP contribution in [0.3, 0.4) is 0 Å². The van der Waals surface area contributed by atoms with Crippen molar-refractivity contribution >= 4 is 5.91 Å². The highest BCUT2D eigenvalue weighted by Crippen LogP contribution is 2.10. The Kier molecular flexibility index (Phi) is 6.09. The van der Waals surface area contributed by atoms with E-state index in [2.05, 4.69) is 46.8 Å². The Morgan fingerprint density at radius 1 is 1.25 bits per heavy atom. The van der Waals surface area contributed by atoms with E-state index in [1.54, 1.807) is 4.68 Å². The lowest BCUT2D eigenvalue weighted by Crippen LogP contribution is -2.35. The molecular weight excluding hydrogens is 304 g/mol. The Balaban J connectivity index is 2.03. The Bertz CT molecular complexity index is 677. The van der Waals surface area contributed by atoms with Gasteiger partial charge in [0.05, 0.1) is 18.3 Å². The number of amides is 1. The Morgan fingerprint density at radius 2 is 1.88 bits per heavy atom. The van der Waals surface area contributed by atoms with Crippen LogP contribution in [0.4, 0.5) is 0 Å². The molecular formula is C18H26N4O2. The molecule has 24 heavy (non-hydrogen) atoms. The van der Waals surface area contributed by atoms with Gasteiger partial charge in [0.25, 0.3) is 5.91 Å². The minimum Gasteiger partial charge on any atom is -0.391 e. The number of carbonyl (C=O) groups is 1. The lowest BCUT2D eigenvalue weighted by Gasteiger charge is -2.14. The second-order valence-corrected chi connectivity index (χ2v) is 6.37. The first-order valence-corrected chi connectivity index (χ1v) is 8.36. The van der Waals surface area contributed by atoms with Gasteiger partial charge in [-0.2, -0.15) is 0 Å². The zero-order chi connectivity index (χ0) is 17.7. The fraction of sp³-hybridized carbons (Fsp3) is 0.500. The van der Waals surface area contributed by atoms with Gasteiger partial charge in [0, 0.05) is 6.54 Å². The van der Waals surface area contributed by atoms with Crippen LogP contribution in [0, 0.1) is 12.8 Å². The maximum absolute atomic E-state index is 12.2. The summed E-state index contributed by atoms with van der Waals surface area (Å²) in [5.74, 6) is -0.215. The highest BCUT2D eigenvalue weighted by atomic mass is 16.3. The molecule has 2 N–H and O–H groups in total. The number of aliphatic hydroxyl groups excluding tert-OH is 1. The Morgan fingerprint density at radius 3 is 2.46 bits per heavy atom. The molecule has 6 nitrogen and oxygen atoms in total. The highest BCUT2D eigenvalue weighted by Gasteiger charge is 2.18. The Labute approximate surface area is 142 Å². The molecule has 130 valence electrons. The zero-order valence-corrected chi connectivity index (χ0v) is 14.8. The van der Waals surface area contributed by atoms with Gasteiger partial charge in [0.15, 0.2) is 5.69 Å². The quantitative estimate of drug-likeness (QED) is 0.813. The number of aromatic nitrogens is 3. The van der Waals surface area contributed by atoms with Crippen molar-refractivity contribution in [1.82, 2.24) is 20.3 Å². The van der Waals surface area contributed by atoms with Gasteiger partial charge < -0.3 is 10.4 Å². The molecule has 6 heteroatoms. The Hall–Kier alpha value is -2.21. The summed E-state index contributed by atoms with van der Waals surface area (Å²) in [5, 5.41) is 20.6. The fourth-order valence-electron chi connectivity index (χ4n) is 2.29. The van der Waals surface area contributed by atoms with Crippen molar-refractivity contribution in [3.63, 3.8) is 0 Å². The molecule has 0 bridgehead atoms. The molecule has 0 aliphatic carbocycles. The number of nitrogens with zero attached hydrogens (tertiary/aromatic N) is 3. The molecule has 0 saturated carbocycles. The van der Waals surface area contributed by atoms with Crippen molar-refractivity contribution in [2.45, 2.75) is 46.8 Å². The molecule has 0 fully saturated rings. The summed E-state index contributed by atoms with van der Waals surface area (Å²) in [4.78, 5) is 12.2. The first-order valence-electron chi connectivity index (χ1n) is 8.36. The van der Waals surface area contributed by atoms with Crippen LogP contribution in [-0.2, 0) is 13.0 Å². The third-order valence-corrected chi connectivity index (χ3v) is 4.20. The molecule has 0 radical (unpaired) electrons. The molecule has 1 atom stereocenters. The number of benzene rings is 1. The summed E-state index contributed by atoms with van der Waals surface area (Å²) in [7, 11) is 0. The average Bonchev–Trinajstić information content (AvgIpc) is 2.93. The van der Waals surface area contributed by atoms with Crippen LogP contribution >= 0.6 is 0 Å². The lowest BCUT2D eigenvalue weighted by atomic mass is 10.1. The molecule has 2 aromatic rings. The number of nitrogens with one attached hydrogen (secondary N) is 1. The van der Waals surface area contributed by atoms with Crippen molar-refractivity contribution in [2.75, 3.05) is 6.54 Å². The van der Waals surface area contributed by atoms with Gasteiger partial charge in [-0.15, -0.1) is 5.10 Å². The second-order valence-electron chi connectivity index (χ2n) is 6.37. The second kappa shape index (κ2) is 8.06. The highest BCUT2D eigenvalue weighted by molar-refractivity contribution is 5.93. The summed E-state index contributed by atoms with van der Waals surface area (Å²) in [6.45, 7) is 8.54. The average molecular weight is 330 g/mol. The van der Waals surface area contributed by atoms with Crippen LogP contribution in [0.15, 0.2) is 24.3 Å². The van der Waals surface area contributed by atoms with Gasteiger partial charge in [-0.05, 0) is 30.4 Å². The van der Waals surface area contributed by atoms with Crippen LogP contribution in [0.25, 0.3) is 0 Å². The van der Waals surface area contributed by atoms with Crippen molar-refractivity contribution < 1.29 is 9.90 Å². The summed E-state index contributed by atoms with van der Waals surface area (Å²) >= 11 is 0. The van der Waals surface area contributed by atoms with Gasteiger partial charge >= 0.3 is 0 Å². The van der Waals surface area contributed by atoms with E-state index in [1.165, 1.54) is 5.56 Å². The van der Waals surface area contributed by atoms with Gasteiger partial charge in [-0.3, -0.25) is 4.79 Å². The maximum Gasteiger partial charge on any atom is 0.273 e. The number of aryl methyl sites for hydroxylation is 1. The molecule has 1 amide bonds. The van der Waals surface area contributed by atoms with Crippen molar-refractivity contribution in [1.29, 1.82) is 0 Å². The van der Waals surface area contributed by atoms with Crippen molar-refractivity contribution in [3.8, 4) is 0 Å². The fourth-order valence-corrected chi connectivity index (χ4v) is 2.29. The van der Waals surface area contributed by atoms with Gasteiger partial charge in [0.1, 0.15) is 0 Å². The minimum atomic E-state index is -0.568. The summed E-state index contributed by atoms with van der Waals surface area (Å²) in [5.41, 5.74) is 3.42. The first kappa shape index (κ1) is 18.1. The third kappa shape index (κ3) is 4.41. The van der Waals surface area contributed by atoms with Crippen LogP contribution in [-0.4, -0.2) is 38.7 Å². The van der Waals surface area contributed by atoms with Crippen LogP contribution in [0.1, 0.15) is 48.1 Å². The van der Waals surface area contributed by atoms with E-state index in [-0.39, 0.29) is 18.4 Å². The van der Waals surface area contributed by atoms with E-state index in [4.69, 9.17) is 0 Å². The van der Waals surface area contributed by atoms with E-state index in [9.17, 15) is 9.90 Å². The molecule has 0 saturated heterocycles. The molecule has 0 aliphatic rings. The number of hydrogen-bond donors (Lipinski definition) is 2. The number of hydrogen-bond acceptors (Lipinski definition) is 4. The van der Waals surface area contributed by atoms with Gasteiger partial charge in [-0.25, -0.2) is 4.68 Å². The van der Waals surface area contributed by atoms with E-state index < -0.39 is 6.10 Å². The standard InChI is InChI=1S/C18H26N4O2/c1-5-14-6-8-15(9-7-14)11-22-13(4)17(20-21-22)18(24)19-10-16(23)12(2)3/h6-9,12,16,23H,5,10-11H2,1-4H3,(H,19,24). The summed E-state index contributed by atoms with van der Waals surface area (Å²) in [6.07, 6.45) is 0.441. The first-order chi connectivity index (χ1) is 11.4. The molecule has 1 unspecified atom stereocenters. The molecule has 1 aromatic heterocycles. The van der Waals surface area contributed by atoms with Crippen molar-refractivity contribution in [2.24, 2.45) is 5.92 Å². The smallest absolute Gasteiger partial charge is 0.273 e. The molecule has 1 aromatic carbocycles. The minimum absolute atomic E-state index is 0.0909. The molecule has 0 spiro atoms. The topological polar surface area (TPSA) is 80.0 Å². The van der Waals surface area contributed by atoms with Crippen molar-refractivity contribution in [3.05, 3.63) is 46.8 Å². The van der Waals surface area contributed by atoms with Crippen LogP contribution in [0.2, 0.25) is 0 Å². The molecule has 2 rings (SSSR count). The van der Waals surface area contributed by atoms with E-state index in [1.807, 2.05) is 20.8 Å². The zero-order valence-electron chi connectivity index (χ0n) is 14.8. The van der Waals surface area contributed by atoms with E-state index in [0.29, 0.717) is 17.9 Å². The largest absolute Gasteiger partial charge is 0.391 e. The number of carbonyl (C=O) groups excluding carboxylic acids is 1. The summed E-state index contributed by atoms with van der Waals surface area (Å²) < 4.78 is 1.72. The third-order valence-electron chi connectivity index (χ3n) is 4.20. The van der Waals surface area contributed by atoms with E-state index in [0.717, 1.165) is 12.0 Å². The lowest BCUT2D eigenvalue weighted by molar-refractivity contribution is 0.0866. The normalized spacial score (nSPS) is 12.4. The predicted molar refractivity (Wildman–Crippen MR) is 92.9 cm³/mol. The maximum atomic E-state index is 12.2. The number of aliphatic hydroxyl groups is 1. The van der Waals surface area contributed by atoms with Crippen LogP contribution in [0.5, 0.6) is 0 Å². The predicted octanol–water partition coefficient (Wildman–Crippen LogP) is 1.94. The van der Waals surface area contributed by atoms with Crippen LogP contribution < -0.4 is 5.32 Å². The van der Waals surface area contributed by atoms with Gasteiger partial charge in [0.2, 0.25) is 0 Å². The van der Waals surface area contributed by atoms with Gasteiger partial charge in [-0.1, -0.05) is 50.3 Å². The van der Waals surface area contributed by atoms with E-state index >= 15 is 0 Å². The molecule has 0 aliphatic heterocycles. The monoisotopic (exact) mass is 330 g/mol. The molecule has 1 heterocycles.